The molecular weight excluding hydrogens is 386 g/mol. The zero-order valence-electron chi connectivity index (χ0n) is 15.2. The number of hydrogen-bond donors (Lipinski definition) is 1. The fourth-order valence-corrected chi connectivity index (χ4v) is 2.34. The van der Waals surface area contributed by atoms with Crippen molar-refractivity contribution in [2.45, 2.75) is 51.5 Å². The molecule has 0 saturated carbocycles. The van der Waals surface area contributed by atoms with E-state index < -0.39 is 23.0 Å². The lowest BCUT2D eigenvalue weighted by molar-refractivity contribution is -0.262. The molecule has 6 heteroatoms. The van der Waals surface area contributed by atoms with E-state index in [0.717, 1.165) is 10.0 Å². The monoisotopic (exact) mass is 409 g/mol. The summed E-state index contributed by atoms with van der Waals surface area (Å²) in [5, 5.41) is 2.81. The maximum absolute atomic E-state index is 12.2. The van der Waals surface area contributed by atoms with Gasteiger partial charge in [-0.25, -0.2) is 4.79 Å². The van der Waals surface area contributed by atoms with Gasteiger partial charge in [-0.05, 0) is 58.9 Å². The average molecular weight is 410 g/mol. The Bertz CT molecular complexity index is 670. The number of nitrogens with one attached hydrogen (secondary N) is 1. The van der Waals surface area contributed by atoms with Crippen molar-refractivity contribution in [2.24, 2.45) is 0 Å². The van der Waals surface area contributed by atoms with Gasteiger partial charge in [-0.2, -0.15) is 0 Å². The Balaban J connectivity index is 2.21. The SMILES string of the molecule is CC(C)(C)OC(=O)NC1(C#Cc2ccc(Br)cc2)COC(C)(C)OC1. The maximum atomic E-state index is 12.2. The Hall–Kier alpha value is -1.55. The summed E-state index contributed by atoms with van der Waals surface area (Å²) in [6, 6.07) is 7.61. The molecule has 0 bridgehead atoms. The molecule has 1 heterocycles. The molecule has 2 rings (SSSR count). The number of carbonyl (C=O) groups excluding carboxylic acids is 1. The Morgan fingerprint density at radius 2 is 1.76 bits per heavy atom. The minimum atomic E-state index is -0.967. The second-order valence-corrected chi connectivity index (χ2v) is 8.36. The highest BCUT2D eigenvalue weighted by Gasteiger charge is 2.41. The highest BCUT2D eigenvalue weighted by atomic mass is 79.9. The summed E-state index contributed by atoms with van der Waals surface area (Å²) >= 11 is 3.40. The number of alkyl carbamates (subject to hydrolysis) is 1. The number of amides is 1. The topological polar surface area (TPSA) is 56.8 Å². The molecule has 1 aliphatic heterocycles. The van der Waals surface area contributed by atoms with E-state index in [9.17, 15) is 4.79 Å². The van der Waals surface area contributed by atoms with E-state index in [-0.39, 0.29) is 13.2 Å². The third-order valence-electron chi connectivity index (χ3n) is 3.36. The van der Waals surface area contributed by atoms with Crippen LogP contribution in [0.15, 0.2) is 28.7 Å². The molecule has 0 aromatic heterocycles. The molecule has 1 aromatic carbocycles. The smallest absolute Gasteiger partial charge is 0.409 e. The van der Waals surface area contributed by atoms with Crippen LogP contribution in [0.1, 0.15) is 40.2 Å². The van der Waals surface area contributed by atoms with Gasteiger partial charge >= 0.3 is 6.09 Å². The molecule has 0 aliphatic carbocycles. The van der Waals surface area contributed by atoms with Crippen LogP contribution in [0.5, 0.6) is 0 Å². The van der Waals surface area contributed by atoms with Gasteiger partial charge in [0, 0.05) is 10.0 Å². The predicted octanol–water partition coefficient (Wildman–Crippen LogP) is 3.85. The van der Waals surface area contributed by atoms with Crippen LogP contribution in [0.4, 0.5) is 4.79 Å². The van der Waals surface area contributed by atoms with Gasteiger partial charge in [0.2, 0.25) is 0 Å². The molecular formula is C19H24BrNO4. The Kier molecular flexibility index (Phi) is 5.82. The molecule has 1 saturated heterocycles. The number of rotatable bonds is 1. The number of halogens is 1. The van der Waals surface area contributed by atoms with E-state index in [1.165, 1.54) is 0 Å². The largest absolute Gasteiger partial charge is 0.444 e. The molecule has 25 heavy (non-hydrogen) atoms. The maximum Gasteiger partial charge on any atom is 0.409 e. The summed E-state index contributed by atoms with van der Waals surface area (Å²) < 4.78 is 17.8. The van der Waals surface area contributed by atoms with Gasteiger partial charge in [0.05, 0.1) is 13.2 Å². The lowest BCUT2D eigenvalue weighted by Gasteiger charge is -2.41. The standard InChI is InChI=1S/C19H24BrNO4/c1-17(2,3)25-16(22)21-19(12-23-18(4,5)24-13-19)11-10-14-6-8-15(20)9-7-14/h6-9H,12-13H2,1-5H3,(H,21,22). The van der Waals surface area contributed by atoms with Crippen LogP contribution in [-0.4, -0.2) is 36.2 Å². The van der Waals surface area contributed by atoms with E-state index in [4.69, 9.17) is 14.2 Å². The third kappa shape index (κ3) is 6.35. The molecule has 1 aliphatic rings. The molecule has 0 spiro atoms. The predicted molar refractivity (Wildman–Crippen MR) is 99.1 cm³/mol. The number of hydrogen-bond acceptors (Lipinski definition) is 4. The first kappa shape index (κ1) is 19.8. The van der Waals surface area contributed by atoms with Crippen LogP contribution in [0.3, 0.4) is 0 Å². The van der Waals surface area contributed by atoms with Gasteiger partial charge in [-0.3, -0.25) is 0 Å². The first-order valence-corrected chi connectivity index (χ1v) is 8.86. The van der Waals surface area contributed by atoms with E-state index in [1.54, 1.807) is 0 Å². The van der Waals surface area contributed by atoms with Crippen LogP contribution in [-0.2, 0) is 14.2 Å². The summed E-state index contributed by atoms with van der Waals surface area (Å²) in [6.07, 6.45) is -0.551. The van der Waals surface area contributed by atoms with Crippen molar-refractivity contribution in [1.82, 2.24) is 5.32 Å². The Morgan fingerprint density at radius 3 is 2.28 bits per heavy atom. The van der Waals surface area contributed by atoms with Gasteiger partial charge in [0.1, 0.15) is 5.60 Å². The van der Waals surface area contributed by atoms with E-state index in [0.29, 0.717) is 0 Å². The van der Waals surface area contributed by atoms with Gasteiger partial charge in [-0.1, -0.05) is 27.8 Å². The number of benzene rings is 1. The molecule has 0 atom stereocenters. The summed E-state index contributed by atoms with van der Waals surface area (Å²) in [5.41, 5.74) is -0.733. The fraction of sp³-hybridized carbons (Fsp3) is 0.526. The van der Waals surface area contributed by atoms with Crippen LogP contribution in [0, 0.1) is 11.8 Å². The fourth-order valence-electron chi connectivity index (χ4n) is 2.08. The van der Waals surface area contributed by atoms with Crippen molar-refractivity contribution in [3.63, 3.8) is 0 Å². The molecule has 1 fully saturated rings. The van der Waals surface area contributed by atoms with Crippen molar-refractivity contribution >= 4 is 22.0 Å². The van der Waals surface area contributed by atoms with Crippen molar-refractivity contribution in [3.05, 3.63) is 34.3 Å². The summed E-state index contributed by atoms with van der Waals surface area (Å²) in [6.45, 7) is 9.50. The average Bonchev–Trinajstić information content (AvgIpc) is 2.48. The van der Waals surface area contributed by atoms with Crippen molar-refractivity contribution in [1.29, 1.82) is 0 Å². The second-order valence-electron chi connectivity index (χ2n) is 7.44. The highest BCUT2D eigenvalue weighted by Crippen LogP contribution is 2.24. The zero-order valence-corrected chi connectivity index (χ0v) is 16.8. The first-order valence-electron chi connectivity index (χ1n) is 8.07. The highest BCUT2D eigenvalue weighted by molar-refractivity contribution is 9.10. The molecule has 1 amide bonds. The zero-order chi connectivity index (χ0) is 18.7. The number of ether oxygens (including phenoxy) is 3. The molecule has 136 valence electrons. The molecule has 0 unspecified atom stereocenters. The normalized spacial score (nSPS) is 18.6. The lowest BCUT2D eigenvalue weighted by Crippen LogP contribution is -2.60. The minimum absolute atomic E-state index is 0.211. The van der Waals surface area contributed by atoms with E-state index >= 15 is 0 Å². The van der Waals surface area contributed by atoms with Crippen LogP contribution in [0.2, 0.25) is 0 Å². The van der Waals surface area contributed by atoms with E-state index in [2.05, 4.69) is 33.1 Å². The minimum Gasteiger partial charge on any atom is -0.444 e. The van der Waals surface area contributed by atoms with Crippen molar-refractivity contribution < 1.29 is 19.0 Å². The van der Waals surface area contributed by atoms with Gasteiger partial charge in [-0.15, -0.1) is 0 Å². The van der Waals surface area contributed by atoms with Gasteiger partial charge in [0.25, 0.3) is 0 Å². The second kappa shape index (κ2) is 7.36. The van der Waals surface area contributed by atoms with Gasteiger partial charge < -0.3 is 19.5 Å². The van der Waals surface area contributed by atoms with Crippen LogP contribution in [0.25, 0.3) is 0 Å². The van der Waals surface area contributed by atoms with Crippen molar-refractivity contribution in [2.75, 3.05) is 13.2 Å². The Morgan fingerprint density at radius 1 is 1.20 bits per heavy atom. The summed E-state index contributed by atoms with van der Waals surface area (Å²) in [5.74, 6) is 5.46. The molecule has 1 aromatic rings. The van der Waals surface area contributed by atoms with Crippen LogP contribution >= 0.6 is 15.9 Å². The molecule has 5 nitrogen and oxygen atoms in total. The summed E-state index contributed by atoms with van der Waals surface area (Å²) in [7, 11) is 0. The summed E-state index contributed by atoms with van der Waals surface area (Å²) in [4.78, 5) is 12.2. The third-order valence-corrected chi connectivity index (χ3v) is 3.89. The Labute approximate surface area is 157 Å². The van der Waals surface area contributed by atoms with E-state index in [1.807, 2.05) is 58.9 Å². The first-order chi connectivity index (χ1) is 11.5. The molecule has 0 radical (unpaired) electrons. The quantitative estimate of drug-likeness (QED) is 0.715. The van der Waals surface area contributed by atoms with Gasteiger partial charge in [0.15, 0.2) is 11.3 Å². The lowest BCUT2D eigenvalue weighted by atomic mass is 10.0. The van der Waals surface area contributed by atoms with Crippen LogP contribution < -0.4 is 5.32 Å². The van der Waals surface area contributed by atoms with Crippen molar-refractivity contribution in [3.8, 4) is 11.8 Å². The number of carbonyl (C=O) groups is 1. The molecule has 1 N–H and O–H groups in total.